The molecule has 0 N–H and O–H groups in total. The molecular formula is C18H13N3O3. The molecule has 0 aliphatic carbocycles. The van der Waals surface area contributed by atoms with Gasteiger partial charge in [-0.05, 0) is 25.1 Å². The van der Waals surface area contributed by atoms with Crippen molar-refractivity contribution < 1.29 is 9.53 Å². The van der Waals surface area contributed by atoms with Crippen molar-refractivity contribution in [3.8, 4) is 11.8 Å². The minimum atomic E-state index is -0.907. The van der Waals surface area contributed by atoms with Crippen molar-refractivity contribution in [2.75, 3.05) is 0 Å². The lowest BCUT2D eigenvalue weighted by atomic mass is 10.1. The van der Waals surface area contributed by atoms with Crippen molar-refractivity contribution in [1.82, 2.24) is 9.78 Å². The van der Waals surface area contributed by atoms with Gasteiger partial charge in [0.05, 0.1) is 11.1 Å². The Bertz CT molecular complexity index is 1000. The summed E-state index contributed by atoms with van der Waals surface area (Å²) in [6.07, 6.45) is -0.907. The van der Waals surface area contributed by atoms with Crippen LogP contribution in [0.3, 0.4) is 0 Å². The topological polar surface area (TPSA) is 85.0 Å². The monoisotopic (exact) mass is 319 g/mol. The number of benzene rings is 2. The van der Waals surface area contributed by atoms with Gasteiger partial charge >= 0.3 is 5.97 Å². The minimum absolute atomic E-state index is 0.00356. The normalized spacial score (nSPS) is 11.7. The minimum Gasteiger partial charge on any atom is -0.442 e. The average molecular weight is 319 g/mol. The summed E-state index contributed by atoms with van der Waals surface area (Å²) < 4.78 is 6.21. The summed E-state index contributed by atoms with van der Waals surface area (Å²) in [5, 5.41) is 13.7. The van der Waals surface area contributed by atoms with Gasteiger partial charge in [0.1, 0.15) is 6.07 Å². The van der Waals surface area contributed by atoms with Crippen molar-refractivity contribution >= 4 is 16.7 Å². The van der Waals surface area contributed by atoms with Gasteiger partial charge < -0.3 is 4.74 Å². The number of hydrogen-bond acceptors (Lipinski definition) is 5. The van der Waals surface area contributed by atoms with Gasteiger partial charge in [-0.1, -0.05) is 36.4 Å². The average Bonchev–Trinajstić information content (AvgIpc) is 2.62. The Morgan fingerprint density at radius 2 is 1.75 bits per heavy atom. The molecule has 24 heavy (non-hydrogen) atoms. The summed E-state index contributed by atoms with van der Waals surface area (Å²) in [5.74, 6) is -0.745. The number of esters is 1. The zero-order valence-corrected chi connectivity index (χ0v) is 12.8. The van der Waals surface area contributed by atoms with Crippen LogP contribution in [0.25, 0.3) is 16.5 Å². The van der Waals surface area contributed by atoms with Gasteiger partial charge in [0.2, 0.25) is 0 Å². The molecule has 1 atom stereocenters. The van der Waals surface area contributed by atoms with Gasteiger partial charge in [0.15, 0.2) is 11.8 Å². The second-order valence-electron chi connectivity index (χ2n) is 5.12. The zero-order valence-electron chi connectivity index (χ0n) is 12.8. The molecule has 0 aliphatic heterocycles. The first-order valence-electron chi connectivity index (χ1n) is 7.30. The fourth-order valence-electron chi connectivity index (χ4n) is 2.33. The summed E-state index contributed by atoms with van der Waals surface area (Å²) in [6, 6.07) is 17.3. The summed E-state index contributed by atoms with van der Waals surface area (Å²) in [6.45, 7) is 1.47. The van der Waals surface area contributed by atoms with Crippen LogP contribution in [0.5, 0.6) is 0 Å². The van der Waals surface area contributed by atoms with Gasteiger partial charge in [-0.2, -0.15) is 15.0 Å². The van der Waals surface area contributed by atoms with E-state index in [1.54, 1.807) is 48.5 Å². The van der Waals surface area contributed by atoms with E-state index < -0.39 is 12.1 Å². The highest BCUT2D eigenvalue weighted by Crippen LogP contribution is 2.16. The second-order valence-corrected chi connectivity index (χ2v) is 5.12. The lowest BCUT2D eigenvalue weighted by molar-refractivity contribution is 0.0429. The highest BCUT2D eigenvalue weighted by molar-refractivity contribution is 6.02. The van der Waals surface area contributed by atoms with Crippen molar-refractivity contribution in [2.24, 2.45) is 0 Å². The number of carbonyl (C=O) groups excluding carboxylic acids is 1. The van der Waals surface area contributed by atoms with Crippen LogP contribution in [-0.4, -0.2) is 21.9 Å². The Labute approximate surface area is 137 Å². The quantitative estimate of drug-likeness (QED) is 0.692. The highest BCUT2D eigenvalue weighted by atomic mass is 16.5. The predicted octanol–water partition coefficient (Wildman–Crippen LogP) is 2.45. The van der Waals surface area contributed by atoms with Crippen LogP contribution in [0.4, 0.5) is 0 Å². The number of hydrogen-bond donors (Lipinski definition) is 0. The molecule has 118 valence electrons. The fraction of sp³-hybridized carbons (Fsp3) is 0.111. The first-order chi connectivity index (χ1) is 11.6. The number of ether oxygens (including phenoxy) is 1. The third-order valence-corrected chi connectivity index (χ3v) is 3.46. The molecule has 2 aromatic carbocycles. The van der Waals surface area contributed by atoms with E-state index in [9.17, 15) is 9.59 Å². The smallest absolute Gasteiger partial charge is 0.360 e. The number of rotatable bonds is 3. The molecule has 1 aromatic heterocycles. The van der Waals surface area contributed by atoms with Crippen LogP contribution >= 0.6 is 0 Å². The lowest BCUT2D eigenvalue weighted by Crippen LogP contribution is -2.26. The third kappa shape index (κ3) is 2.75. The molecule has 6 heteroatoms. The molecule has 0 fully saturated rings. The van der Waals surface area contributed by atoms with E-state index in [2.05, 4.69) is 5.10 Å². The van der Waals surface area contributed by atoms with Gasteiger partial charge in [-0.3, -0.25) is 4.79 Å². The molecule has 0 unspecified atom stereocenters. The van der Waals surface area contributed by atoms with Crippen LogP contribution in [0.2, 0.25) is 0 Å². The van der Waals surface area contributed by atoms with Gasteiger partial charge in [-0.15, -0.1) is 0 Å². The van der Waals surface area contributed by atoms with E-state index in [1.165, 1.54) is 6.92 Å². The Morgan fingerprint density at radius 3 is 2.42 bits per heavy atom. The molecule has 0 saturated carbocycles. The van der Waals surface area contributed by atoms with Crippen LogP contribution < -0.4 is 5.56 Å². The number of nitriles is 1. The Morgan fingerprint density at radius 1 is 1.12 bits per heavy atom. The first-order valence-corrected chi connectivity index (χ1v) is 7.30. The molecule has 0 spiro atoms. The van der Waals surface area contributed by atoms with Gasteiger partial charge in [0.25, 0.3) is 5.56 Å². The molecule has 3 aromatic rings. The zero-order chi connectivity index (χ0) is 17.1. The van der Waals surface area contributed by atoms with E-state index in [4.69, 9.17) is 10.00 Å². The lowest BCUT2D eigenvalue weighted by Gasteiger charge is -2.11. The van der Waals surface area contributed by atoms with Crippen molar-refractivity contribution in [2.45, 2.75) is 13.0 Å². The van der Waals surface area contributed by atoms with E-state index in [-0.39, 0.29) is 11.3 Å². The summed E-state index contributed by atoms with van der Waals surface area (Å²) in [5.41, 5.74) is 0.202. The van der Waals surface area contributed by atoms with Crippen molar-refractivity contribution in [3.05, 3.63) is 70.6 Å². The maximum Gasteiger partial charge on any atom is 0.360 e. The molecule has 1 heterocycles. The van der Waals surface area contributed by atoms with Crippen LogP contribution in [0.1, 0.15) is 17.4 Å². The van der Waals surface area contributed by atoms with Gasteiger partial charge in [-0.25, -0.2) is 4.79 Å². The molecule has 0 saturated heterocycles. The molecule has 0 aliphatic rings. The molecule has 6 nitrogen and oxygen atoms in total. The summed E-state index contributed by atoms with van der Waals surface area (Å²) >= 11 is 0. The standard InChI is InChI=1S/C18H13N3O3/c1-12(11-19)24-18(23)16-14-9-5-6-10-15(14)17(22)21(20-16)13-7-3-2-4-8-13/h2-10,12H,1H3/t12-/m1/s1. The maximum atomic E-state index is 12.7. The highest BCUT2D eigenvalue weighted by Gasteiger charge is 2.20. The van der Waals surface area contributed by atoms with Crippen LogP contribution in [0.15, 0.2) is 59.4 Å². The number of aromatic nitrogens is 2. The predicted molar refractivity (Wildman–Crippen MR) is 87.8 cm³/mol. The largest absolute Gasteiger partial charge is 0.442 e. The van der Waals surface area contributed by atoms with Crippen LogP contribution in [-0.2, 0) is 4.74 Å². The number of nitrogens with zero attached hydrogens (tertiary/aromatic N) is 3. The second kappa shape index (κ2) is 6.34. The molecular weight excluding hydrogens is 306 g/mol. The maximum absolute atomic E-state index is 12.7. The first kappa shape index (κ1) is 15.4. The van der Waals surface area contributed by atoms with E-state index in [1.807, 2.05) is 12.1 Å². The van der Waals surface area contributed by atoms with E-state index >= 15 is 0 Å². The van der Waals surface area contributed by atoms with Crippen LogP contribution in [0, 0.1) is 11.3 Å². The SMILES string of the molecule is C[C@H](C#N)OC(=O)c1nn(-c2ccccc2)c(=O)c2ccccc12. The Hall–Kier alpha value is -3.46. The molecule has 0 amide bonds. The van der Waals surface area contributed by atoms with E-state index in [0.29, 0.717) is 16.5 Å². The Balaban J connectivity index is 2.25. The number of carbonyl (C=O) groups is 1. The molecule has 0 bridgehead atoms. The number of fused-ring (bicyclic) bond motifs is 1. The van der Waals surface area contributed by atoms with Crippen molar-refractivity contribution in [1.29, 1.82) is 5.26 Å². The third-order valence-electron chi connectivity index (χ3n) is 3.46. The van der Waals surface area contributed by atoms with E-state index in [0.717, 1.165) is 4.68 Å². The fourth-order valence-corrected chi connectivity index (χ4v) is 2.33. The molecule has 3 rings (SSSR count). The Kier molecular flexibility index (Phi) is 4.08. The summed E-state index contributed by atoms with van der Waals surface area (Å²) in [4.78, 5) is 25.0. The summed E-state index contributed by atoms with van der Waals surface area (Å²) in [7, 11) is 0. The number of para-hydroxylation sites is 1. The molecule has 0 radical (unpaired) electrons. The van der Waals surface area contributed by atoms with Crippen molar-refractivity contribution in [3.63, 3.8) is 0 Å². The van der Waals surface area contributed by atoms with Gasteiger partial charge in [0, 0.05) is 5.39 Å².